The molecular weight excluding hydrogens is 388 g/mol. The van der Waals surface area contributed by atoms with E-state index in [1.807, 2.05) is 12.1 Å². The van der Waals surface area contributed by atoms with Crippen LogP contribution in [0, 0.1) is 6.92 Å². The van der Waals surface area contributed by atoms with Gasteiger partial charge in [0.25, 0.3) is 0 Å². The molecule has 31 heavy (non-hydrogen) atoms. The number of aryl methyl sites for hydroxylation is 1. The summed E-state index contributed by atoms with van der Waals surface area (Å²) in [7, 11) is 1.57. The Morgan fingerprint density at radius 2 is 1.97 bits per heavy atom. The van der Waals surface area contributed by atoms with Crippen molar-refractivity contribution in [1.29, 1.82) is 0 Å². The molecule has 1 saturated heterocycles. The summed E-state index contributed by atoms with van der Waals surface area (Å²) in [5, 5.41) is 16.7. The summed E-state index contributed by atoms with van der Waals surface area (Å²) in [4.78, 5) is 7.29. The largest absolute Gasteiger partial charge is 0.504 e. The van der Waals surface area contributed by atoms with E-state index < -0.39 is 0 Å². The lowest BCUT2D eigenvalue weighted by atomic mass is 10.0. The fourth-order valence-corrected chi connectivity index (χ4v) is 3.99. The number of rotatable bonds is 8. The first-order valence-electron chi connectivity index (χ1n) is 11.3. The van der Waals surface area contributed by atoms with Gasteiger partial charge in [-0.1, -0.05) is 35.9 Å². The van der Waals surface area contributed by atoms with Gasteiger partial charge in [-0.25, -0.2) is 0 Å². The van der Waals surface area contributed by atoms with Crippen molar-refractivity contribution < 1.29 is 9.84 Å². The average molecular weight is 425 g/mol. The Morgan fingerprint density at radius 3 is 2.68 bits per heavy atom. The van der Waals surface area contributed by atoms with Gasteiger partial charge >= 0.3 is 0 Å². The van der Waals surface area contributed by atoms with Crippen LogP contribution in [0.15, 0.2) is 47.5 Å². The summed E-state index contributed by atoms with van der Waals surface area (Å²) in [6.45, 7) is 8.97. The molecule has 0 radical (unpaired) electrons. The second-order valence-electron chi connectivity index (χ2n) is 8.20. The number of piperidine rings is 1. The Balaban J connectivity index is 1.47. The van der Waals surface area contributed by atoms with E-state index in [1.54, 1.807) is 13.2 Å². The predicted molar refractivity (Wildman–Crippen MR) is 127 cm³/mol. The van der Waals surface area contributed by atoms with E-state index in [1.165, 1.54) is 11.1 Å². The number of phenolic OH excluding ortho intramolecular Hbond substituents is 1. The van der Waals surface area contributed by atoms with Crippen molar-refractivity contribution in [2.75, 3.05) is 33.3 Å². The molecule has 2 aromatic carbocycles. The molecule has 0 aliphatic carbocycles. The predicted octanol–water partition coefficient (Wildman–Crippen LogP) is 3.47. The van der Waals surface area contributed by atoms with Crippen LogP contribution in [0.1, 0.15) is 36.5 Å². The highest BCUT2D eigenvalue weighted by Crippen LogP contribution is 2.26. The second kappa shape index (κ2) is 11.6. The number of likely N-dealkylation sites (tertiary alicyclic amines) is 1. The number of guanidine groups is 1. The monoisotopic (exact) mass is 424 g/mol. The van der Waals surface area contributed by atoms with Crippen LogP contribution in [0.4, 0.5) is 0 Å². The lowest BCUT2D eigenvalue weighted by molar-refractivity contribution is 0.198. The van der Waals surface area contributed by atoms with Crippen LogP contribution in [0.25, 0.3) is 0 Å². The van der Waals surface area contributed by atoms with E-state index in [4.69, 9.17) is 9.73 Å². The molecule has 6 nitrogen and oxygen atoms in total. The molecule has 1 fully saturated rings. The third kappa shape index (κ3) is 7.17. The fourth-order valence-electron chi connectivity index (χ4n) is 3.99. The minimum atomic E-state index is 0.165. The zero-order chi connectivity index (χ0) is 22.1. The maximum absolute atomic E-state index is 9.74. The van der Waals surface area contributed by atoms with Crippen LogP contribution < -0.4 is 15.4 Å². The maximum Gasteiger partial charge on any atom is 0.191 e. The lowest BCUT2D eigenvalue weighted by Gasteiger charge is -2.33. The summed E-state index contributed by atoms with van der Waals surface area (Å²) in [6, 6.07) is 14.7. The van der Waals surface area contributed by atoms with E-state index in [-0.39, 0.29) is 5.75 Å². The number of benzene rings is 2. The van der Waals surface area contributed by atoms with Crippen LogP contribution in [0.2, 0.25) is 0 Å². The van der Waals surface area contributed by atoms with Crippen LogP contribution in [-0.2, 0) is 13.0 Å². The highest BCUT2D eigenvalue weighted by atomic mass is 16.5. The molecule has 3 N–H and O–H groups in total. The van der Waals surface area contributed by atoms with Crippen LogP contribution in [0.5, 0.6) is 11.5 Å². The topological polar surface area (TPSA) is 69.1 Å². The molecule has 0 bridgehead atoms. The molecule has 1 aliphatic heterocycles. The fraction of sp³-hybridized carbons (Fsp3) is 0.480. The van der Waals surface area contributed by atoms with Crippen molar-refractivity contribution >= 4 is 5.96 Å². The van der Waals surface area contributed by atoms with Crippen molar-refractivity contribution in [1.82, 2.24) is 15.5 Å². The van der Waals surface area contributed by atoms with E-state index in [0.717, 1.165) is 57.0 Å². The number of aliphatic imine (C=N–C) groups is 1. The van der Waals surface area contributed by atoms with Crippen molar-refractivity contribution in [3.8, 4) is 11.5 Å². The summed E-state index contributed by atoms with van der Waals surface area (Å²) < 4.78 is 5.19. The molecule has 0 unspecified atom stereocenters. The molecule has 1 heterocycles. The van der Waals surface area contributed by atoms with E-state index in [0.29, 0.717) is 18.3 Å². The quantitative estimate of drug-likeness (QED) is 0.447. The Morgan fingerprint density at radius 1 is 1.16 bits per heavy atom. The molecule has 0 amide bonds. The molecule has 0 spiro atoms. The van der Waals surface area contributed by atoms with Gasteiger partial charge in [-0.2, -0.15) is 0 Å². The molecular formula is C25H36N4O2. The average Bonchev–Trinajstić information content (AvgIpc) is 2.76. The van der Waals surface area contributed by atoms with Crippen molar-refractivity contribution in [3.63, 3.8) is 0 Å². The zero-order valence-corrected chi connectivity index (χ0v) is 19.0. The Labute approximate surface area is 186 Å². The number of ether oxygens (including phenoxy) is 1. The summed E-state index contributed by atoms with van der Waals surface area (Å²) in [5.74, 6) is 1.55. The normalized spacial score (nSPS) is 15.6. The highest BCUT2D eigenvalue weighted by molar-refractivity contribution is 5.80. The van der Waals surface area contributed by atoms with Crippen molar-refractivity contribution in [2.45, 2.75) is 45.7 Å². The number of methoxy groups -OCH3 is 1. The van der Waals surface area contributed by atoms with Gasteiger partial charge in [0.2, 0.25) is 0 Å². The van der Waals surface area contributed by atoms with Crippen molar-refractivity contribution in [2.24, 2.45) is 4.99 Å². The second-order valence-corrected chi connectivity index (χ2v) is 8.20. The van der Waals surface area contributed by atoms with E-state index in [9.17, 15) is 5.11 Å². The number of nitrogens with zero attached hydrogens (tertiary/aromatic N) is 2. The molecule has 168 valence electrons. The Kier molecular flexibility index (Phi) is 8.59. The van der Waals surface area contributed by atoms with Gasteiger partial charge in [0, 0.05) is 38.8 Å². The molecule has 3 rings (SSSR count). The molecule has 0 saturated carbocycles. The highest BCUT2D eigenvalue weighted by Gasteiger charge is 2.20. The molecule has 1 aliphatic rings. The maximum atomic E-state index is 9.74. The third-order valence-corrected chi connectivity index (χ3v) is 5.68. The number of phenols is 1. The minimum Gasteiger partial charge on any atom is -0.504 e. The van der Waals surface area contributed by atoms with Crippen LogP contribution in [-0.4, -0.2) is 55.3 Å². The molecule has 0 aromatic heterocycles. The summed E-state index contributed by atoms with van der Waals surface area (Å²) in [5.41, 5.74) is 3.82. The lowest BCUT2D eigenvalue weighted by Crippen LogP contribution is -2.48. The van der Waals surface area contributed by atoms with Gasteiger partial charge in [-0.15, -0.1) is 0 Å². The van der Waals surface area contributed by atoms with Gasteiger partial charge in [-0.05, 0) is 56.4 Å². The van der Waals surface area contributed by atoms with Gasteiger partial charge in [-0.3, -0.25) is 9.89 Å². The molecule has 6 heteroatoms. The van der Waals surface area contributed by atoms with E-state index >= 15 is 0 Å². The first-order chi connectivity index (χ1) is 15.1. The van der Waals surface area contributed by atoms with Gasteiger partial charge in [0.1, 0.15) is 0 Å². The van der Waals surface area contributed by atoms with Crippen molar-refractivity contribution in [3.05, 3.63) is 59.2 Å². The Hall–Kier alpha value is -2.73. The number of nitrogens with one attached hydrogen (secondary N) is 2. The molecule has 2 aromatic rings. The number of hydrogen-bond donors (Lipinski definition) is 3. The zero-order valence-electron chi connectivity index (χ0n) is 19.0. The first-order valence-corrected chi connectivity index (χ1v) is 11.3. The van der Waals surface area contributed by atoms with E-state index in [2.05, 4.69) is 53.6 Å². The SMILES string of the molecule is CCNC(=NCCc1ccc(O)c(OC)c1)NC1CCN(Cc2cccc(C)c2)CC1. The van der Waals surface area contributed by atoms with Crippen LogP contribution in [0.3, 0.4) is 0 Å². The first kappa shape index (κ1) is 22.9. The van der Waals surface area contributed by atoms with Gasteiger partial charge in [0.15, 0.2) is 17.5 Å². The summed E-state index contributed by atoms with van der Waals surface area (Å²) >= 11 is 0. The number of aromatic hydroxyl groups is 1. The van der Waals surface area contributed by atoms with Gasteiger partial charge in [0.05, 0.1) is 7.11 Å². The Bertz CT molecular complexity index is 860. The summed E-state index contributed by atoms with van der Waals surface area (Å²) in [6.07, 6.45) is 3.03. The van der Waals surface area contributed by atoms with Crippen LogP contribution >= 0.6 is 0 Å². The smallest absolute Gasteiger partial charge is 0.191 e. The number of hydrogen-bond acceptors (Lipinski definition) is 4. The standard InChI is InChI=1S/C25H36N4O2/c1-4-26-25(27-13-10-20-8-9-23(30)24(17-20)31-3)28-22-11-14-29(15-12-22)18-21-7-5-6-19(2)16-21/h5-9,16-17,22,30H,4,10-15,18H2,1-3H3,(H2,26,27,28). The minimum absolute atomic E-state index is 0.165. The third-order valence-electron chi connectivity index (χ3n) is 5.68. The molecule has 0 atom stereocenters. The van der Waals surface area contributed by atoms with Gasteiger partial charge < -0.3 is 20.5 Å².